The van der Waals surface area contributed by atoms with Crippen molar-refractivity contribution in [3.63, 3.8) is 0 Å². The number of hydrogen-bond donors (Lipinski definition) is 0. The van der Waals surface area contributed by atoms with E-state index < -0.39 is 82.6 Å². The zero-order valence-electron chi connectivity index (χ0n) is 18.1. The van der Waals surface area contributed by atoms with Crippen molar-refractivity contribution in [3.05, 3.63) is 70.6 Å². The topological polar surface area (TPSA) is 86.7 Å². The summed E-state index contributed by atoms with van der Waals surface area (Å²) in [6.07, 6.45) is -4.29. The predicted molar refractivity (Wildman–Crippen MR) is 114 cm³/mol. The summed E-state index contributed by atoms with van der Waals surface area (Å²) in [5.74, 6) is -3.97. The molecule has 35 heavy (non-hydrogen) atoms. The highest BCUT2D eigenvalue weighted by molar-refractivity contribution is 7.93. The van der Waals surface area contributed by atoms with E-state index in [2.05, 4.69) is 0 Å². The summed E-state index contributed by atoms with van der Waals surface area (Å²) in [4.78, 5) is -0.542. The van der Waals surface area contributed by atoms with Crippen LogP contribution in [0, 0.1) is 17.6 Å². The SMILES string of the molecule is CS(=O)(=O)/C=C/[C@@H]1OCC[C@@]2(S(=O)(=O)c3ccc(C(F)(F)F)cc3)c3c(F)ccc(F)c3OCC12. The molecule has 0 saturated carbocycles. The van der Waals surface area contributed by atoms with Crippen LogP contribution in [0.4, 0.5) is 22.0 Å². The minimum absolute atomic E-state index is 0.287. The second kappa shape index (κ2) is 8.56. The van der Waals surface area contributed by atoms with E-state index >= 15 is 4.39 Å². The van der Waals surface area contributed by atoms with Gasteiger partial charge >= 0.3 is 6.18 Å². The zero-order chi connectivity index (χ0) is 25.8. The smallest absolute Gasteiger partial charge is 0.416 e. The van der Waals surface area contributed by atoms with Crippen LogP contribution in [0.1, 0.15) is 17.5 Å². The standard InChI is InChI=1S/C22H19F5O6S2/c1-34(28,29)11-8-18-15-12-33-20-17(24)7-6-16(23)19(20)21(15,9-10-32-18)35(30,31)14-4-2-13(3-5-14)22(25,26)27/h2-8,11,15,18H,9-10,12H2,1H3/b11-8+/t15?,18-,21-/m0/s1. The third-order valence-corrected chi connectivity index (χ3v) is 9.37. The van der Waals surface area contributed by atoms with Gasteiger partial charge < -0.3 is 9.47 Å². The van der Waals surface area contributed by atoms with Gasteiger partial charge in [-0.15, -0.1) is 0 Å². The van der Waals surface area contributed by atoms with Crippen molar-refractivity contribution in [1.82, 2.24) is 0 Å². The average molecular weight is 539 g/mol. The lowest BCUT2D eigenvalue weighted by atomic mass is 9.76. The molecule has 0 aliphatic carbocycles. The molecule has 2 heterocycles. The van der Waals surface area contributed by atoms with E-state index in [0.717, 1.165) is 42.0 Å². The van der Waals surface area contributed by atoms with Crippen LogP contribution in [0.15, 0.2) is 52.8 Å². The second-order valence-electron chi connectivity index (χ2n) is 8.31. The van der Waals surface area contributed by atoms with E-state index in [1.54, 1.807) is 0 Å². The number of sulfone groups is 2. The second-order valence-corrected chi connectivity index (χ2v) is 12.4. The fourth-order valence-corrected chi connectivity index (χ4v) is 7.37. The van der Waals surface area contributed by atoms with Crippen molar-refractivity contribution < 1.29 is 48.3 Å². The maximum atomic E-state index is 15.2. The molecule has 1 fully saturated rings. The lowest BCUT2D eigenvalue weighted by Gasteiger charge is -2.49. The minimum Gasteiger partial charge on any atom is -0.490 e. The Bertz CT molecular complexity index is 1380. The summed E-state index contributed by atoms with van der Waals surface area (Å²) < 4.78 is 129. The molecule has 2 aliphatic heterocycles. The Kier molecular flexibility index (Phi) is 6.25. The van der Waals surface area contributed by atoms with Gasteiger partial charge in [0.15, 0.2) is 31.2 Å². The third-order valence-electron chi connectivity index (χ3n) is 6.16. The molecule has 1 unspecified atom stereocenters. The molecule has 2 aliphatic rings. The minimum atomic E-state index is -4.72. The van der Waals surface area contributed by atoms with Crippen LogP contribution < -0.4 is 4.74 Å². The summed E-state index contributed by atoms with van der Waals surface area (Å²) in [6.45, 7) is -0.767. The highest BCUT2D eigenvalue weighted by Gasteiger charge is 2.61. The van der Waals surface area contributed by atoms with E-state index in [9.17, 15) is 34.4 Å². The fourth-order valence-electron chi connectivity index (χ4n) is 4.61. The Hall–Kier alpha value is -2.51. The monoisotopic (exact) mass is 538 g/mol. The van der Waals surface area contributed by atoms with Crippen molar-refractivity contribution >= 4 is 19.7 Å². The molecule has 2 aromatic rings. The molecular weight excluding hydrogens is 519 g/mol. The normalized spacial score (nSPS) is 25.1. The Balaban J connectivity index is 1.97. The molecule has 3 atom stereocenters. The maximum absolute atomic E-state index is 15.2. The van der Waals surface area contributed by atoms with Crippen molar-refractivity contribution in [3.8, 4) is 5.75 Å². The molecule has 13 heteroatoms. The predicted octanol–water partition coefficient (Wildman–Crippen LogP) is 4.01. The van der Waals surface area contributed by atoms with Crippen LogP contribution >= 0.6 is 0 Å². The van der Waals surface area contributed by atoms with Crippen LogP contribution in [0.25, 0.3) is 0 Å². The molecule has 0 bridgehead atoms. The van der Waals surface area contributed by atoms with Crippen molar-refractivity contribution in [1.29, 1.82) is 0 Å². The summed E-state index contributed by atoms with van der Waals surface area (Å²) >= 11 is 0. The zero-order valence-corrected chi connectivity index (χ0v) is 19.7. The Morgan fingerprint density at radius 2 is 1.63 bits per heavy atom. The summed E-state index contributed by atoms with van der Waals surface area (Å²) in [5, 5.41) is 0.802. The third kappa shape index (κ3) is 4.33. The average Bonchev–Trinajstić information content (AvgIpc) is 2.78. The van der Waals surface area contributed by atoms with Gasteiger partial charge in [0.25, 0.3) is 0 Å². The number of ether oxygens (including phenoxy) is 2. The van der Waals surface area contributed by atoms with Crippen molar-refractivity contribution in [2.75, 3.05) is 19.5 Å². The molecular formula is C22H19F5O6S2. The molecule has 0 radical (unpaired) electrons. The Labute approximate surface area is 198 Å². The lowest BCUT2D eigenvalue weighted by molar-refractivity contribution is -0.137. The van der Waals surface area contributed by atoms with Crippen molar-refractivity contribution in [2.24, 2.45) is 5.92 Å². The fraction of sp³-hybridized carbons (Fsp3) is 0.364. The highest BCUT2D eigenvalue weighted by atomic mass is 32.2. The maximum Gasteiger partial charge on any atom is 0.416 e. The highest BCUT2D eigenvalue weighted by Crippen LogP contribution is 2.55. The van der Waals surface area contributed by atoms with Gasteiger partial charge in [0.2, 0.25) is 0 Å². The van der Waals surface area contributed by atoms with Crippen LogP contribution in [-0.4, -0.2) is 42.4 Å². The first-order chi connectivity index (χ1) is 16.2. The molecule has 1 saturated heterocycles. The van der Waals surface area contributed by atoms with Gasteiger partial charge in [-0.1, -0.05) is 0 Å². The molecule has 190 valence electrons. The van der Waals surface area contributed by atoms with Gasteiger partial charge in [-0.3, -0.25) is 0 Å². The number of fused-ring (bicyclic) bond motifs is 3. The van der Waals surface area contributed by atoms with E-state index in [0.29, 0.717) is 12.1 Å². The number of alkyl halides is 3. The Morgan fingerprint density at radius 1 is 1.00 bits per heavy atom. The molecule has 0 aromatic heterocycles. The van der Waals surface area contributed by atoms with Gasteiger partial charge in [-0.25, -0.2) is 25.6 Å². The first kappa shape index (κ1) is 25.6. The van der Waals surface area contributed by atoms with Gasteiger partial charge in [0, 0.05) is 24.2 Å². The van der Waals surface area contributed by atoms with Crippen LogP contribution in [0.2, 0.25) is 0 Å². The summed E-state index contributed by atoms with van der Waals surface area (Å²) in [6, 6.07) is 4.19. The van der Waals surface area contributed by atoms with E-state index in [-0.39, 0.29) is 13.0 Å². The number of benzene rings is 2. The van der Waals surface area contributed by atoms with Crippen LogP contribution in [0.3, 0.4) is 0 Å². The van der Waals surface area contributed by atoms with Gasteiger partial charge in [0.1, 0.15) is 10.6 Å². The summed E-state index contributed by atoms with van der Waals surface area (Å²) in [5.41, 5.74) is -1.69. The number of rotatable bonds is 4. The molecule has 4 rings (SSSR count). The molecule has 0 spiro atoms. The molecule has 2 aromatic carbocycles. The Morgan fingerprint density at radius 3 is 2.23 bits per heavy atom. The molecule has 6 nitrogen and oxygen atoms in total. The van der Waals surface area contributed by atoms with Crippen LogP contribution in [-0.2, 0) is 35.3 Å². The van der Waals surface area contributed by atoms with E-state index in [4.69, 9.17) is 9.47 Å². The molecule has 0 amide bonds. The van der Waals surface area contributed by atoms with E-state index in [1.165, 1.54) is 0 Å². The lowest BCUT2D eigenvalue weighted by Crippen LogP contribution is -2.57. The number of halogens is 5. The number of hydrogen-bond acceptors (Lipinski definition) is 6. The quantitative estimate of drug-likeness (QED) is 0.547. The van der Waals surface area contributed by atoms with Gasteiger partial charge in [0.05, 0.1) is 28.7 Å². The first-order valence-corrected chi connectivity index (χ1v) is 13.7. The van der Waals surface area contributed by atoms with Gasteiger partial charge in [-0.05, 0) is 48.9 Å². The summed E-state index contributed by atoms with van der Waals surface area (Å²) in [7, 11) is -8.36. The van der Waals surface area contributed by atoms with Crippen LogP contribution in [0.5, 0.6) is 5.75 Å². The largest absolute Gasteiger partial charge is 0.490 e. The molecule has 0 N–H and O–H groups in total. The van der Waals surface area contributed by atoms with Gasteiger partial charge in [-0.2, -0.15) is 13.2 Å². The van der Waals surface area contributed by atoms with Crippen molar-refractivity contribution in [2.45, 2.75) is 28.3 Å². The van der Waals surface area contributed by atoms with E-state index in [1.807, 2.05) is 0 Å². The first-order valence-electron chi connectivity index (χ1n) is 10.2.